The summed E-state index contributed by atoms with van der Waals surface area (Å²) in [5.41, 5.74) is 3.45. The third kappa shape index (κ3) is 2.89. The van der Waals surface area contributed by atoms with Gasteiger partial charge in [0.05, 0.1) is 27.6 Å². The number of aromatic nitrogens is 1. The summed E-state index contributed by atoms with van der Waals surface area (Å²) in [6, 6.07) is 1.75. The second-order valence-electron chi connectivity index (χ2n) is 5.98. The molecular weight excluding hydrogens is 337 g/mol. The Morgan fingerprint density at radius 2 is 2.22 bits per heavy atom. The van der Waals surface area contributed by atoms with Crippen LogP contribution in [0.1, 0.15) is 31.0 Å². The van der Waals surface area contributed by atoms with Crippen LogP contribution in [-0.2, 0) is 11.2 Å². The highest BCUT2D eigenvalue weighted by Crippen LogP contribution is 2.42. The first kappa shape index (κ1) is 16.4. The second kappa shape index (κ2) is 6.23. The Kier molecular flexibility index (Phi) is 4.45. The average Bonchev–Trinajstić information content (AvgIpc) is 2.82. The van der Waals surface area contributed by atoms with Crippen molar-refractivity contribution in [2.45, 2.75) is 32.3 Å². The number of rotatable bonds is 3. The molecule has 0 bridgehead atoms. The number of aromatic amines is 1. The number of anilines is 1. The lowest BCUT2D eigenvalue weighted by molar-refractivity contribution is -0.121. The highest BCUT2D eigenvalue weighted by atomic mass is 35.5. The van der Waals surface area contributed by atoms with Gasteiger partial charge in [0.15, 0.2) is 0 Å². The van der Waals surface area contributed by atoms with Crippen LogP contribution in [0.3, 0.4) is 0 Å². The molecule has 23 heavy (non-hydrogen) atoms. The van der Waals surface area contributed by atoms with Gasteiger partial charge in [-0.1, -0.05) is 23.2 Å². The molecule has 2 aromatic rings. The molecule has 7 heteroatoms. The Bertz CT molecular complexity index is 771. The summed E-state index contributed by atoms with van der Waals surface area (Å²) in [7, 11) is 0. The van der Waals surface area contributed by atoms with Gasteiger partial charge in [-0.2, -0.15) is 0 Å². The number of aliphatic hydroxyl groups excluding tert-OH is 1. The third-order valence-electron chi connectivity index (χ3n) is 4.18. The molecule has 5 nitrogen and oxygen atoms in total. The SMILES string of the molecule is C[C@H](O)CNc1cc(Cl)c(Cl)c2[nH]c3c(c12)[C@H](C)C(=O)NCC3. The van der Waals surface area contributed by atoms with Crippen LogP contribution in [0.25, 0.3) is 10.9 Å². The summed E-state index contributed by atoms with van der Waals surface area (Å²) in [5.74, 6) is -0.289. The van der Waals surface area contributed by atoms with Crippen molar-refractivity contribution in [3.8, 4) is 0 Å². The minimum atomic E-state index is -0.502. The molecule has 1 aromatic carbocycles. The van der Waals surface area contributed by atoms with E-state index >= 15 is 0 Å². The Hall–Kier alpha value is -1.43. The molecule has 2 atom stereocenters. The number of hydrogen-bond acceptors (Lipinski definition) is 3. The van der Waals surface area contributed by atoms with E-state index in [1.54, 1.807) is 13.0 Å². The maximum absolute atomic E-state index is 12.2. The predicted octanol–water partition coefficient (Wildman–Crippen LogP) is 3.04. The summed E-state index contributed by atoms with van der Waals surface area (Å²) in [6.07, 6.45) is 0.210. The van der Waals surface area contributed by atoms with Crippen molar-refractivity contribution < 1.29 is 9.90 Å². The van der Waals surface area contributed by atoms with Crippen LogP contribution in [0, 0.1) is 0 Å². The summed E-state index contributed by atoms with van der Waals surface area (Å²) < 4.78 is 0. The summed E-state index contributed by atoms with van der Waals surface area (Å²) >= 11 is 12.6. The molecule has 4 N–H and O–H groups in total. The number of amides is 1. The van der Waals surface area contributed by atoms with Gasteiger partial charge >= 0.3 is 0 Å². The lowest BCUT2D eigenvalue weighted by Crippen LogP contribution is -2.27. The Labute approximate surface area is 144 Å². The molecule has 1 aromatic heterocycles. The zero-order valence-corrected chi connectivity index (χ0v) is 14.5. The molecule has 0 unspecified atom stereocenters. The van der Waals surface area contributed by atoms with Gasteiger partial charge in [-0.3, -0.25) is 4.79 Å². The van der Waals surface area contributed by atoms with Crippen molar-refractivity contribution >= 4 is 45.7 Å². The molecule has 1 amide bonds. The fraction of sp³-hybridized carbons (Fsp3) is 0.438. The van der Waals surface area contributed by atoms with Gasteiger partial charge in [-0.05, 0) is 25.5 Å². The number of aliphatic hydroxyl groups is 1. The van der Waals surface area contributed by atoms with E-state index in [0.29, 0.717) is 29.6 Å². The van der Waals surface area contributed by atoms with Gasteiger partial charge in [0.25, 0.3) is 0 Å². The van der Waals surface area contributed by atoms with E-state index in [1.807, 2.05) is 6.92 Å². The monoisotopic (exact) mass is 355 g/mol. The first-order valence-electron chi connectivity index (χ1n) is 7.62. The van der Waals surface area contributed by atoms with Crippen LogP contribution >= 0.6 is 23.2 Å². The van der Waals surface area contributed by atoms with Gasteiger partial charge in [0.1, 0.15) is 0 Å². The number of carbonyl (C=O) groups is 1. The smallest absolute Gasteiger partial charge is 0.227 e. The fourth-order valence-corrected chi connectivity index (χ4v) is 3.46. The Morgan fingerprint density at radius 3 is 2.91 bits per heavy atom. The third-order valence-corrected chi connectivity index (χ3v) is 4.97. The summed E-state index contributed by atoms with van der Waals surface area (Å²) in [6.45, 7) is 4.56. The van der Waals surface area contributed by atoms with Crippen molar-refractivity contribution in [3.05, 3.63) is 27.4 Å². The number of halogens is 2. The van der Waals surface area contributed by atoms with E-state index in [9.17, 15) is 9.90 Å². The van der Waals surface area contributed by atoms with Crippen molar-refractivity contribution in [1.29, 1.82) is 0 Å². The van der Waals surface area contributed by atoms with E-state index in [-0.39, 0.29) is 11.8 Å². The van der Waals surface area contributed by atoms with Crippen LogP contribution in [0.15, 0.2) is 6.07 Å². The van der Waals surface area contributed by atoms with Gasteiger partial charge in [-0.15, -0.1) is 0 Å². The molecule has 2 heterocycles. The van der Waals surface area contributed by atoms with Crippen molar-refractivity contribution in [3.63, 3.8) is 0 Å². The lowest BCUT2D eigenvalue weighted by Gasteiger charge is -2.15. The average molecular weight is 356 g/mol. The van der Waals surface area contributed by atoms with E-state index in [1.165, 1.54) is 0 Å². The fourth-order valence-electron chi connectivity index (χ4n) is 3.06. The molecule has 0 saturated heterocycles. The number of benzene rings is 1. The molecule has 0 fully saturated rings. The zero-order chi connectivity index (χ0) is 16.7. The molecule has 0 spiro atoms. The maximum Gasteiger partial charge on any atom is 0.227 e. The number of carbonyl (C=O) groups excluding carboxylic acids is 1. The van der Waals surface area contributed by atoms with Gasteiger partial charge in [0, 0.05) is 36.3 Å². The highest BCUT2D eigenvalue weighted by molar-refractivity contribution is 6.45. The van der Waals surface area contributed by atoms with Crippen LogP contribution in [0.5, 0.6) is 0 Å². The van der Waals surface area contributed by atoms with Crippen LogP contribution < -0.4 is 10.6 Å². The Morgan fingerprint density at radius 1 is 1.48 bits per heavy atom. The number of H-pyrrole nitrogens is 1. The quantitative estimate of drug-likeness (QED) is 0.683. The first-order chi connectivity index (χ1) is 10.9. The standard InChI is InChI=1S/C16H19Cl2N3O2/c1-7(22)6-20-11-5-9(17)14(18)15-13(11)12-8(2)16(23)19-4-3-10(12)21-15/h5,7-8,20-22H,3-4,6H2,1-2H3,(H,19,23)/t7-,8-/m0/s1. The van der Waals surface area contributed by atoms with Crippen LogP contribution in [0.4, 0.5) is 5.69 Å². The van der Waals surface area contributed by atoms with Gasteiger partial charge in [-0.25, -0.2) is 0 Å². The van der Waals surface area contributed by atoms with E-state index in [4.69, 9.17) is 23.2 Å². The molecular formula is C16H19Cl2N3O2. The minimum absolute atomic E-state index is 0.00259. The second-order valence-corrected chi connectivity index (χ2v) is 6.76. The largest absolute Gasteiger partial charge is 0.392 e. The summed E-state index contributed by atoms with van der Waals surface area (Å²) in [5, 5.41) is 17.4. The first-order valence-corrected chi connectivity index (χ1v) is 8.37. The molecule has 0 aliphatic carbocycles. The molecule has 0 radical (unpaired) electrons. The normalized spacial score (nSPS) is 19.2. The van der Waals surface area contributed by atoms with Crippen molar-refractivity contribution in [1.82, 2.24) is 10.3 Å². The van der Waals surface area contributed by atoms with Crippen molar-refractivity contribution in [2.75, 3.05) is 18.4 Å². The topological polar surface area (TPSA) is 77.2 Å². The van der Waals surface area contributed by atoms with Gasteiger partial charge < -0.3 is 20.7 Å². The molecule has 3 rings (SSSR count). The van der Waals surface area contributed by atoms with E-state index in [0.717, 1.165) is 27.8 Å². The maximum atomic E-state index is 12.2. The van der Waals surface area contributed by atoms with Crippen molar-refractivity contribution in [2.24, 2.45) is 0 Å². The minimum Gasteiger partial charge on any atom is -0.392 e. The molecule has 124 valence electrons. The van der Waals surface area contributed by atoms with E-state index < -0.39 is 6.10 Å². The number of hydrogen-bond donors (Lipinski definition) is 4. The van der Waals surface area contributed by atoms with Gasteiger partial charge in [0.2, 0.25) is 5.91 Å². The van der Waals surface area contributed by atoms with Crippen LogP contribution in [0.2, 0.25) is 10.0 Å². The lowest BCUT2D eigenvalue weighted by atomic mass is 9.96. The summed E-state index contributed by atoms with van der Waals surface area (Å²) in [4.78, 5) is 15.5. The number of nitrogens with one attached hydrogen (secondary N) is 3. The predicted molar refractivity (Wildman–Crippen MR) is 93.6 cm³/mol. The highest BCUT2D eigenvalue weighted by Gasteiger charge is 2.28. The molecule has 1 aliphatic rings. The van der Waals surface area contributed by atoms with E-state index in [2.05, 4.69) is 15.6 Å². The number of fused-ring (bicyclic) bond motifs is 3. The zero-order valence-electron chi connectivity index (χ0n) is 13.0. The Balaban J connectivity index is 2.25. The molecule has 0 saturated carbocycles. The molecule has 1 aliphatic heterocycles. The van der Waals surface area contributed by atoms with Crippen LogP contribution in [-0.4, -0.2) is 35.2 Å².